The highest BCUT2D eigenvalue weighted by Gasteiger charge is 2.04. The van der Waals surface area contributed by atoms with Crippen LogP contribution in [0.4, 0.5) is 0 Å². The highest BCUT2D eigenvalue weighted by atomic mass is 16.5. The minimum Gasteiger partial charge on any atom is -0.477 e. The van der Waals surface area contributed by atoms with Crippen molar-refractivity contribution in [3.05, 3.63) is 18.0 Å². The average Bonchev–Trinajstić information content (AvgIpc) is 2.52. The number of imidazole rings is 1. The molecule has 0 atom stereocenters. The van der Waals surface area contributed by atoms with Crippen molar-refractivity contribution < 1.29 is 4.74 Å². The molecule has 0 saturated heterocycles. The Morgan fingerprint density at radius 3 is 3.25 bits per heavy atom. The summed E-state index contributed by atoms with van der Waals surface area (Å²) in [5, 5.41) is 3.12. The summed E-state index contributed by atoms with van der Waals surface area (Å²) in [6.07, 6.45) is 1.72. The first kappa shape index (κ1) is 7.21. The van der Waals surface area contributed by atoms with Crippen molar-refractivity contribution in [1.82, 2.24) is 14.6 Å². The summed E-state index contributed by atoms with van der Waals surface area (Å²) in [6, 6.07) is 1.97. The summed E-state index contributed by atoms with van der Waals surface area (Å²) in [5.41, 5.74) is 1.98. The molecule has 0 aromatic carbocycles. The largest absolute Gasteiger partial charge is 0.477 e. The molecule has 64 valence electrons. The van der Waals surface area contributed by atoms with Crippen LogP contribution in [0.3, 0.4) is 0 Å². The van der Waals surface area contributed by atoms with E-state index in [2.05, 4.69) is 10.1 Å². The van der Waals surface area contributed by atoms with Gasteiger partial charge in [0, 0.05) is 11.8 Å². The van der Waals surface area contributed by atoms with Crippen LogP contribution >= 0.6 is 0 Å². The zero-order chi connectivity index (χ0) is 8.55. The van der Waals surface area contributed by atoms with E-state index < -0.39 is 0 Å². The number of aryl methyl sites for hydroxylation is 1. The number of aromatic nitrogens is 3. The summed E-state index contributed by atoms with van der Waals surface area (Å²) in [5.74, 6) is 0.764. The summed E-state index contributed by atoms with van der Waals surface area (Å²) < 4.78 is 7.17. The molecule has 2 aromatic rings. The fourth-order valence-corrected chi connectivity index (χ4v) is 1.22. The van der Waals surface area contributed by atoms with Crippen LogP contribution in [0.15, 0.2) is 12.3 Å². The summed E-state index contributed by atoms with van der Waals surface area (Å²) in [4.78, 5) is 4.16. The Bertz CT molecular complexity index is 388. The van der Waals surface area contributed by atoms with Gasteiger partial charge in [-0.1, -0.05) is 0 Å². The van der Waals surface area contributed by atoms with Crippen LogP contribution in [0.2, 0.25) is 0 Å². The van der Waals surface area contributed by atoms with Gasteiger partial charge in [-0.25, -0.2) is 9.50 Å². The number of hydrogen-bond acceptors (Lipinski definition) is 2. The van der Waals surface area contributed by atoms with Gasteiger partial charge >= 0.3 is 0 Å². The fraction of sp³-hybridized carbons (Fsp3) is 0.375. The molecule has 2 aromatic heterocycles. The van der Waals surface area contributed by atoms with Gasteiger partial charge in [0.15, 0.2) is 5.65 Å². The van der Waals surface area contributed by atoms with E-state index in [4.69, 9.17) is 4.74 Å². The maximum absolute atomic E-state index is 5.34. The minimum atomic E-state index is 0.659. The predicted molar refractivity (Wildman–Crippen MR) is 45.4 cm³/mol. The van der Waals surface area contributed by atoms with Crippen molar-refractivity contribution in [2.24, 2.45) is 0 Å². The van der Waals surface area contributed by atoms with Gasteiger partial charge < -0.3 is 4.74 Å². The van der Waals surface area contributed by atoms with Crippen LogP contribution in [0.1, 0.15) is 12.6 Å². The lowest BCUT2D eigenvalue weighted by Crippen LogP contribution is -1.95. The third-order valence-electron chi connectivity index (χ3n) is 1.68. The lowest BCUT2D eigenvalue weighted by atomic mass is 10.5. The number of fused-ring (bicyclic) bond motifs is 1. The molecule has 2 rings (SSSR count). The molecule has 0 unspecified atom stereocenters. The van der Waals surface area contributed by atoms with Crippen molar-refractivity contribution in [3.8, 4) is 5.88 Å². The predicted octanol–water partition coefficient (Wildman–Crippen LogP) is 1.37. The molecular weight excluding hydrogens is 154 g/mol. The molecular formula is C8H11N3O. The van der Waals surface area contributed by atoms with Crippen molar-refractivity contribution in [3.63, 3.8) is 0 Å². The molecule has 0 saturated carbocycles. The van der Waals surface area contributed by atoms with Crippen LogP contribution in [-0.4, -0.2) is 21.2 Å². The maximum Gasteiger partial charge on any atom is 0.233 e. The molecule has 0 bridgehead atoms. The Balaban J connectivity index is 2.53. The van der Waals surface area contributed by atoms with Gasteiger partial charge in [0.05, 0.1) is 12.8 Å². The molecule has 0 fully saturated rings. The highest BCUT2D eigenvalue weighted by molar-refractivity contribution is 5.42. The monoisotopic (exact) mass is 165 g/mol. The number of nitrogens with zero attached hydrogens (tertiary/aromatic N) is 2. The van der Waals surface area contributed by atoms with E-state index in [9.17, 15) is 0 Å². The first-order valence-electron chi connectivity index (χ1n) is 3.97. The van der Waals surface area contributed by atoms with E-state index in [1.807, 2.05) is 24.4 Å². The zero-order valence-electron chi connectivity index (χ0n) is 7.16. The molecule has 0 amide bonds. The average molecular weight is 165 g/mol. The van der Waals surface area contributed by atoms with Gasteiger partial charge in [0.25, 0.3) is 0 Å². The number of hydrogen-bond donors (Lipinski definition) is 1. The third kappa shape index (κ3) is 0.958. The van der Waals surface area contributed by atoms with E-state index in [0.717, 1.165) is 17.2 Å². The minimum absolute atomic E-state index is 0.659. The first-order chi connectivity index (χ1) is 5.81. The Morgan fingerprint density at radius 1 is 1.67 bits per heavy atom. The number of ether oxygens (including phenoxy) is 1. The van der Waals surface area contributed by atoms with Crippen LogP contribution in [0.5, 0.6) is 5.88 Å². The lowest BCUT2D eigenvalue weighted by molar-refractivity contribution is 0.319. The molecule has 4 nitrogen and oxygen atoms in total. The van der Waals surface area contributed by atoms with E-state index in [1.165, 1.54) is 0 Å². The van der Waals surface area contributed by atoms with Crippen molar-refractivity contribution in [2.45, 2.75) is 13.8 Å². The van der Waals surface area contributed by atoms with E-state index in [-0.39, 0.29) is 0 Å². The molecule has 1 N–H and O–H groups in total. The normalized spacial score (nSPS) is 10.8. The molecule has 2 heterocycles. The molecule has 4 heteroatoms. The van der Waals surface area contributed by atoms with Gasteiger partial charge in [0.2, 0.25) is 5.88 Å². The third-order valence-corrected chi connectivity index (χ3v) is 1.68. The number of aromatic amines is 1. The second-order valence-corrected chi connectivity index (χ2v) is 2.66. The van der Waals surface area contributed by atoms with Gasteiger partial charge in [-0.05, 0) is 13.8 Å². The summed E-state index contributed by atoms with van der Waals surface area (Å²) >= 11 is 0. The van der Waals surface area contributed by atoms with Crippen molar-refractivity contribution >= 4 is 5.65 Å². The first-order valence-corrected chi connectivity index (χ1v) is 3.97. The second kappa shape index (κ2) is 2.55. The molecule has 0 aliphatic rings. The van der Waals surface area contributed by atoms with Gasteiger partial charge in [-0.15, -0.1) is 0 Å². The molecule has 0 aliphatic carbocycles. The van der Waals surface area contributed by atoms with Crippen LogP contribution in [-0.2, 0) is 0 Å². The molecule has 0 spiro atoms. The Labute approximate surface area is 70.2 Å². The Hall–Kier alpha value is -1.45. The standard InChI is InChI=1S/C8H11N3O/c1-3-12-8-5-9-7-4-6(2)10-11(7)8/h4-5,10H,3H2,1-2H3. The van der Waals surface area contributed by atoms with Crippen LogP contribution in [0.25, 0.3) is 5.65 Å². The Morgan fingerprint density at radius 2 is 2.50 bits per heavy atom. The van der Waals surface area contributed by atoms with Gasteiger partial charge in [0.1, 0.15) is 0 Å². The summed E-state index contributed by atoms with van der Waals surface area (Å²) in [7, 11) is 0. The second-order valence-electron chi connectivity index (χ2n) is 2.66. The Kier molecular flexibility index (Phi) is 1.53. The quantitative estimate of drug-likeness (QED) is 0.730. The van der Waals surface area contributed by atoms with Gasteiger partial charge in [-0.3, -0.25) is 5.10 Å². The molecule has 0 aliphatic heterocycles. The summed E-state index contributed by atoms with van der Waals surface area (Å²) in [6.45, 7) is 4.60. The molecule has 0 radical (unpaired) electrons. The number of nitrogens with one attached hydrogen (secondary N) is 1. The van der Waals surface area contributed by atoms with Gasteiger partial charge in [-0.2, -0.15) is 0 Å². The number of H-pyrrole nitrogens is 1. The maximum atomic E-state index is 5.34. The zero-order valence-corrected chi connectivity index (χ0v) is 7.16. The SMILES string of the molecule is CCOc1cnc2cc(C)[nH]n12. The van der Waals surface area contributed by atoms with Crippen molar-refractivity contribution in [2.75, 3.05) is 6.61 Å². The lowest BCUT2D eigenvalue weighted by Gasteiger charge is -1.98. The topological polar surface area (TPSA) is 42.3 Å². The van der Waals surface area contributed by atoms with Crippen molar-refractivity contribution in [1.29, 1.82) is 0 Å². The molecule has 12 heavy (non-hydrogen) atoms. The van der Waals surface area contributed by atoms with E-state index >= 15 is 0 Å². The van der Waals surface area contributed by atoms with E-state index in [1.54, 1.807) is 6.20 Å². The highest BCUT2D eigenvalue weighted by Crippen LogP contribution is 2.13. The van der Waals surface area contributed by atoms with E-state index in [0.29, 0.717) is 6.61 Å². The van der Waals surface area contributed by atoms with Crippen LogP contribution < -0.4 is 4.74 Å². The smallest absolute Gasteiger partial charge is 0.233 e. The van der Waals surface area contributed by atoms with Crippen LogP contribution in [0, 0.1) is 6.92 Å². The fourth-order valence-electron chi connectivity index (χ4n) is 1.22. The number of rotatable bonds is 2.